The van der Waals surface area contributed by atoms with Gasteiger partial charge in [0.25, 0.3) is 5.91 Å². The van der Waals surface area contributed by atoms with E-state index in [0.29, 0.717) is 22.8 Å². The van der Waals surface area contributed by atoms with Crippen LogP contribution >= 0.6 is 11.8 Å². The quantitative estimate of drug-likeness (QED) is 0.648. The molecule has 8 heteroatoms. The zero-order valence-electron chi connectivity index (χ0n) is 18.3. The second kappa shape index (κ2) is 8.70. The zero-order chi connectivity index (χ0) is 22.1. The highest BCUT2D eigenvalue weighted by atomic mass is 32.2. The molecular formula is C23H27N5O2S. The summed E-state index contributed by atoms with van der Waals surface area (Å²) in [6.45, 7) is 8.04. The Kier molecular flexibility index (Phi) is 6.00. The number of benzene rings is 1. The fourth-order valence-electron chi connectivity index (χ4n) is 3.78. The van der Waals surface area contributed by atoms with Gasteiger partial charge in [-0.15, -0.1) is 11.8 Å². The lowest BCUT2D eigenvalue weighted by Gasteiger charge is -2.23. The van der Waals surface area contributed by atoms with Crippen LogP contribution in [0.15, 0.2) is 36.5 Å². The monoisotopic (exact) mass is 437 g/mol. The molecule has 1 aromatic carbocycles. The van der Waals surface area contributed by atoms with Gasteiger partial charge in [-0.1, -0.05) is 19.1 Å². The van der Waals surface area contributed by atoms with E-state index in [1.807, 2.05) is 42.8 Å². The lowest BCUT2D eigenvalue weighted by molar-refractivity contribution is -0.119. The van der Waals surface area contributed by atoms with Crippen LogP contribution in [-0.2, 0) is 4.79 Å². The summed E-state index contributed by atoms with van der Waals surface area (Å²) in [7, 11) is 0. The number of aryl methyl sites for hydroxylation is 2. The summed E-state index contributed by atoms with van der Waals surface area (Å²) in [5.74, 6) is 0.727. The molecule has 2 aromatic heterocycles. The first-order valence-electron chi connectivity index (χ1n) is 10.5. The van der Waals surface area contributed by atoms with E-state index in [1.54, 1.807) is 28.9 Å². The second-order valence-electron chi connectivity index (χ2n) is 8.04. The van der Waals surface area contributed by atoms with Gasteiger partial charge >= 0.3 is 0 Å². The van der Waals surface area contributed by atoms with Gasteiger partial charge in [0.05, 0.1) is 29.1 Å². The summed E-state index contributed by atoms with van der Waals surface area (Å²) in [5.41, 5.74) is 3.83. The van der Waals surface area contributed by atoms with Crippen LogP contribution in [0.3, 0.4) is 0 Å². The van der Waals surface area contributed by atoms with E-state index >= 15 is 0 Å². The molecule has 2 atom stereocenters. The van der Waals surface area contributed by atoms with Crippen molar-refractivity contribution in [3.8, 4) is 0 Å². The Bertz CT molecular complexity index is 1140. The average molecular weight is 438 g/mol. The molecule has 0 saturated carbocycles. The standard InChI is InChI=1S/C23H27N5O2S/c1-5-16(4)28-21-19(11-24-28)18(10-15(3)25-21)23(30)27-13-31-12-20(27)22(29)26-17-8-6-7-14(2)9-17/h6-11,16,20H,5,12-13H2,1-4H3,(H,26,29). The van der Waals surface area contributed by atoms with Gasteiger partial charge in [0.15, 0.2) is 5.65 Å². The molecule has 0 radical (unpaired) electrons. The summed E-state index contributed by atoms with van der Waals surface area (Å²) in [5, 5.41) is 8.18. The summed E-state index contributed by atoms with van der Waals surface area (Å²) in [4.78, 5) is 32.8. The molecule has 0 aliphatic carbocycles. The van der Waals surface area contributed by atoms with E-state index in [1.165, 1.54) is 0 Å². The molecule has 4 rings (SSSR count). The van der Waals surface area contributed by atoms with Crippen molar-refractivity contribution < 1.29 is 9.59 Å². The average Bonchev–Trinajstić information content (AvgIpc) is 3.39. The van der Waals surface area contributed by atoms with Gasteiger partial charge in [0.2, 0.25) is 5.91 Å². The Hall–Kier alpha value is -2.87. The van der Waals surface area contributed by atoms with Gasteiger partial charge in [0, 0.05) is 17.1 Å². The van der Waals surface area contributed by atoms with E-state index in [2.05, 4.69) is 29.2 Å². The number of carbonyl (C=O) groups excluding carboxylic acids is 2. The number of nitrogens with one attached hydrogen (secondary N) is 1. The Morgan fingerprint density at radius 3 is 2.84 bits per heavy atom. The van der Waals surface area contributed by atoms with Crippen molar-refractivity contribution >= 4 is 40.3 Å². The van der Waals surface area contributed by atoms with Crippen LogP contribution in [0.25, 0.3) is 11.0 Å². The maximum absolute atomic E-state index is 13.6. The van der Waals surface area contributed by atoms with Gasteiger partial charge in [-0.3, -0.25) is 9.59 Å². The van der Waals surface area contributed by atoms with Gasteiger partial charge in [-0.2, -0.15) is 5.10 Å². The van der Waals surface area contributed by atoms with E-state index in [0.717, 1.165) is 28.8 Å². The second-order valence-corrected chi connectivity index (χ2v) is 9.04. The number of thioether (sulfide) groups is 1. The third-order valence-corrected chi connectivity index (χ3v) is 6.68. The number of hydrogen-bond donors (Lipinski definition) is 1. The topological polar surface area (TPSA) is 80.1 Å². The molecule has 3 heterocycles. The summed E-state index contributed by atoms with van der Waals surface area (Å²) < 4.78 is 1.87. The number of fused-ring (bicyclic) bond motifs is 1. The van der Waals surface area contributed by atoms with Crippen LogP contribution in [0.1, 0.15) is 47.9 Å². The summed E-state index contributed by atoms with van der Waals surface area (Å²) in [6, 6.07) is 9.13. The van der Waals surface area contributed by atoms with Crippen molar-refractivity contribution in [3.63, 3.8) is 0 Å². The SMILES string of the molecule is CCC(C)n1ncc2c(C(=O)N3CSCC3C(=O)Nc3cccc(C)c3)cc(C)nc21. The predicted octanol–water partition coefficient (Wildman–Crippen LogP) is 4.17. The number of pyridine rings is 1. The lowest BCUT2D eigenvalue weighted by atomic mass is 10.1. The van der Waals surface area contributed by atoms with E-state index in [4.69, 9.17) is 0 Å². The molecule has 2 amide bonds. The smallest absolute Gasteiger partial charge is 0.256 e. The van der Waals surface area contributed by atoms with Crippen molar-refractivity contribution in [2.45, 2.75) is 46.2 Å². The fraction of sp³-hybridized carbons (Fsp3) is 0.391. The summed E-state index contributed by atoms with van der Waals surface area (Å²) >= 11 is 1.59. The normalized spacial score (nSPS) is 17.2. The lowest BCUT2D eigenvalue weighted by Crippen LogP contribution is -2.44. The van der Waals surface area contributed by atoms with Crippen molar-refractivity contribution in [1.82, 2.24) is 19.7 Å². The minimum absolute atomic E-state index is 0.159. The Labute approximate surface area is 186 Å². The first kappa shape index (κ1) is 21.4. The first-order valence-corrected chi connectivity index (χ1v) is 11.7. The van der Waals surface area contributed by atoms with Gasteiger partial charge in [-0.05, 0) is 51.0 Å². The summed E-state index contributed by atoms with van der Waals surface area (Å²) in [6.07, 6.45) is 2.63. The van der Waals surface area contributed by atoms with Crippen LogP contribution in [0, 0.1) is 13.8 Å². The molecule has 7 nitrogen and oxygen atoms in total. The van der Waals surface area contributed by atoms with Crippen LogP contribution in [0.4, 0.5) is 5.69 Å². The number of rotatable bonds is 5. The number of hydrogen-bond acceptors (Lipinski definition) is 5. The molecule has 1 aliphatic rings. The Morgan fingerprint density at radius 2 is 2.10 bits per heavy atom. The predicted molar refractivity (Wildman–Crippen MR) is 124 cm³/mol. The van der Waals surface area contributed by atoms with E-state index < -0.39 is 6.04 Å². The Morgan fingerprint density at radius 1 is 1.29 bits per heavy atom. The van der Waals surface area contributed by atoms with Crippen LogP contribution in [0.5, 0.6) is 0 Å². The molecule has 0 spiro atoms. The fourth-order valence-corrected chi connectivity index (χ4v) is 4.93. The molecule has 1 saturated heterocycles. The van der Waals surface area contributed by atoms with E-state index in [-0.39, 0.29) is 17.9 Å². The number of amides is 2. The zero-order valence-corrected chi connectivity index (χ0v) is 19.1. The van der Waals surface area contributed by atoms with Crippen LogP contribution in [-0.4, -0.2) is 49.2 Å². The maximum atomic E-state index is 13.6. The third-order valence-electron chi connectivity index (χ3n) is 5.66. The number of nitrogens with zero attached hydrogens (tertiary/aromatic N) is 4. The highest BCUT2D eigenvalue weighted by Gasteiger charge is 2.36. The Balaban J connectivity index is 1.63. The number of aromatic nitrogens is 3. The third kappa shape index (κ3) is 4.17. The number of anilines is 1. The van der Waals surface area contributed by atoms with Crippen molar-refractivity contribution in [2.75, 3.05) is 16.9 Å². The molecule has 1 N–H and O–H groups in total. The van der Waals surface area contributed by atoms with Crippen LogP contribution in [0.2, 0.25) is 0 Å². The highest BCUT2D eigenvalue weighted by Crippen LogP contribution is 2.28. The molecule has 3 aromatic rings. The van der Waals surface area contributed by atoms with Gasteiger partial charge in [0.1, 0.15) is 6.04 Å². The minimum Gasteiger partial charge on any atom is -0.324 e. The van der Waals surface area contributed by atoms with Gasteiger partial charge in [-0.25, -0.2) is 9.67 Å². The molecular weight excluding hydrogens is 410 g/mol. The van der Waals surface area contributed by atoms with Crippen molar-refractivity contribution in [2.24, 2.45) is 0 Å². The minimum atomic E-state index is -0.522. The highest BCUT2D eigenvalue weighted by molar-refractivity contribution is 7.99. The van der Waals surface area contributed by atoms with E-state index in [9.17, 15) is 9.59 Å². The van der Waals surface area contributed by atoms with Crippen molar-refractivity contribution in [1.29, 1.82) is 0 Å². The van der Waals surface area contributed by atoms with Crippen molar-refractivity contribution in [3.05, 3.63) is 53.3 Å². The molecule has 0 bridgehead atoms. The number of carbonyl (C=O) groups is 2. The molecule has 162 valence electrons. The maximum Gasteiger partial charge on any atom is 0.256 e. The first-order chi connectivity index (χ1) is 14.9. The molecule has 1 fully saturated rings. The van der Waals surface area contributed by atoms with Crippen LogP contribution < -0.4 is 5.32 Å². The molecule has 31 heavy (non-hydrogen) atoms. The molecule has 1 aliphatic heterocycles. The molecule has 2 unspecified atom stereocenters. The van der Waals surface area contributed by atoms with Gasteiger partial charge < -0.3 is 10.2 Å². The largest absolute Gasteiger partial charge is 0.324 e.